The molecule has 1 aromatic heterocycles. The SMILES string of the molecule is Cc1cnc(CN2C[C@@H](C(=O)O)[C@H](c3ccc4c(c3)OCO4)C2)[nH]1. The van der Waals surface area contributed by atoms with E-state index >= 15 is 0 Å². The normalized spacial score (nSPS) is 22.9. The molecular weight excluding hydrogens is 310 g/mol. The van der Waals surface area contributed by atoms with Crippen LogP contribution in [0.25, 0.3) is 0 Å². The minimum absolute atomic E-state index is 0.0759. The summed E-state index contributed by atoms with van der Waals surface area (Å²) >= 11 is 0. The van der Waals surface area contributed by atoms with E-state index in [1.165, 1.54) is 0 Å². The fraction of sp³-hybridized carbons (Fsp3) is 0.412. The van der Waals surface area contributed by atoms with Crippen LogP contribution in [0.2, 0.25) is 0 Å². The average Bonchev–Trinajstić information content (AvgIpc) is 3.26. The van der Waals surface area contributed by atoms with Gasteiger partial charge in [-0.15, -0.1) is 0 Å². The molecule has 0 aliphatic carbocycles. The molecule has 2 atom stereocenters. The van der Waals surface area contributed by atoms with E-state index in [0.29, 0.717) is 31.1 Å². The number of hydrogen-bond acceptors (Lipinski definition) is 5. The molecule has 0 spiro atoms. The van der Waals surface area contributed by atoms with Crippen molar-refractivity contribution in [3.8, 4) is 11.5 Å². The Morgan fingerprint density at radius 2 is 2.21 bits per heavy atom. The second kappa shape index (κ2) is 5.83. The maximum Gasteiger partial charge on any atom is 0.308 e. The van der Waals surface area contributed by atoms with Crippen LogP contribution in [-0.4, -0.2) is 45.8 Å². The zero-order valence-electron chi connectivity index (χ0n) is 13.4. The van der Waals surface area contributed by atoms with E-state index in [0.717, 1.165) is 17.1 Å². The molecule has 7 nitrogen and oxygen atoms in total. The number of aromatic nitrogens is 2. The number of carboxylic acid groups (broad SMARTS) is 1. The third kappa shape index (κ3) is 2.71. The Hall–Kier alpha value is -2.54. The van der Waals surface area contributed by atoms with Crippen molar-refractivity contribution in [2.24, 2.45) is 5.92 Å². The van der Waals surface area contributed by atoms with E-state index in [1.807, 2.05) is 25.1 Å². The van der Waals surface area contributed by atoms with Gasteiger partial charge in [0.2, 0.25) is 6.79 Å². The maximum atomic E-state index is 11.7. The van der Waals surface area contributed by atoms with Crippen molar-refractivity contribution in [3.63, 3.8) is 0 Å². The summed E-state index contributed by atoms with van der Waals surface area (Å²) in [6.45, 7) is 3.98. The molecular formula is C17H19N3O4. The van der Waals surface area contributed by atoms with Crippen molar-refractivity contribution < 1.29 is 19.4 Å². The predicted octanol–water partition coefficient (Wildman–Crippen LogP) is 1.75. The molecule has 2 aliphatic rings. The molecule has 1 fully saturated rings. The first-order valence-corrected chi connectivity index (χ1v) is 7.95. The highest BCUT2D eigenvalue weighted by molar-refractivity contribution is 5.72. The summed E-state index contributed by atoms with van der Waals surface area (Å²) in [7, 11) is 0. The lowest BCUT2D eigenvalue weighted by atomic mass is 9.89. The van der Waals surface area contributed by atoms with Gasteiger partial charge in [0.1, 0.15) is 5.82 Å². The van der Waals surface area contributed by atoms with E-state index in [-0.39, 0.29) is 12.7 Å². The van der Waals surface area contributed by atoms with Crippen molar-refractivity contribution in [2.75, 3.05) is 19.9 Å². The largest absolute Gasteiger partial charge is 0.481 e. The molecule has 1 saturated heterocycles. The number of benzene rings is 1. The van der Waals surface area contributed by atoms with Gasteiger partial charge in [-0.3, -0.25) is 9.69 Å². The number of imidazole rings is 1. The molecule has 2 aromatic rings. The summed E-state index contributed by atoms with van der Waals surface area (Å²) < 4.78 is 10.8. The molecule has 7 heteroatoms. The average molecular weight is 329 g/mol. The number of likely N-dealkylation sites (tertiary alicyclic amines) is 1. The van der Waals surface area contributed by atoms with Gasteiger partial charge in [0.05, 0.1) is 12.5 Å². The number of ether oxygens (including phenoxy) is 2. The number of aliphatic carboxylic acids is 1. The summed E-state index contributed by atoms with van der Waals surface area (Å²) in [4.78, 5) is 21.4. The highest BCUT2D eigenvalue weighted by atomic mass is 16.7. The third-order valence-electron chi connectivity index (χ3n) is 4.67. The second-order valence-electron chi connectivity index (χ2n) is 6.37. The number of fused-ring (bicyclic) bond motifs is 1. The number of hydrogen-bond donors (Lipinski definition) is 2. The fourth-order valence-electron chi connectivity index (χ4n) is 3.51. The number of H-pyrrole nitrogens is 1. The van der Waals surface area contributed by atoms with Crippen LogP contribution in [0.3, 0.4) is 0 Å². The lowest BCUT2D eigenvalue weighted by molar-refractivity contribution is -0.141. The molecule has 2 N–H and O–H groups in total. The molecule has 24 heavy (non-hydrogen) atoms. The van der Waals surface area contributed by atoms with Gasteiger partial charge in [-0.1, -0.05) is 6.07 Å². The van der Waals surface area contributed by atoms with Crippen LogP contribution < -0.4 is 9.47 Å². The van der Waals surface area contributed by atoms with Gasteiger partial charge in [0.25, 0.3) is 0 Å². The van der Waals surface area contributed by atoms with Crippen LogP contribution in [0.4, 0.5) is 0 Å². The molecule has 4 rings (SSSR count). The number of nitrogens with one attached hydrogen (secondary N) is 1. The van der Waals surface area contributed by atoms with Crippen molar-refractivity contribution in [3.05, 3.63) is 41.5 Å². The zero-order chi connectivity index (χ0) is 16.7. The van der Waals surface area contributed by atoms with Gasteiger partial charge < -0.3 is 19.6 Å². The van der Waals surface area contributed by atoms with Crippen LogP contribution in [0, 0.1) is 12.8 Å². The molecule has 0 radical (unpaired) electrons. The number of nitrogens with zero attached hydrogens (tertiary/aromatic N) is 2. The summed E-state index contributed by atoms with van der Waals surface area (Å²) in [5.74, 6) is 0.983. The van der Waals surface area contributed by atoms with Crippen molar-refractivity contribution in [1.29, 1.82) is 0 Å². The summed E-state index contributed by atoms with van der Waals surface area (Å²) in [5, 5.41) is 9.62. The number of rotatable bonds is 4. The predicted molar refractivity (Wildman–Crippen MR) is 85.0 cm³/mol. The quantitative estimate of drug-likeness (QED) is 0.888. The van der Waals surface area contributed by atoms with E-state index < -0.39 is 11.9 Å². The molecule has 0 unspecified atom stereocenters. The van der Waals surface area contributed by atoms with Crippen LogP contribution in [-0.2, 0) is 11.3 Å². The minimum atomic E-state index is -0.768. The molecule has 3 heterocycles. The van der Waals surface area contributed by atoms with Crippen molar-refractivity contribution in [1.82, 2.24) is 14.9 Å². The highest BCUT2D eigenvalue weighted by Gasteiger charge is 2.39. The van der Waals surface area contributed by atoms with Crippen LogP contribution >= 0.6 is 0 Å². The lowest BCUT2D eigenvalue weighted by Gasteiger charge is -2.16. The minimum Gasteiger partial charge on any atom is -0.481 e. The van der Waals surface area contributed by atoms with Gasteiger partial charge >= 0.3 is 5.97 Å². The standard InChI is InChI=1S/C17H19N3O4/c1-10-5-18-16(19-10)8-20-6-12(13(7-20)17(21)22)11-2-3-14-15(4-11)24-9-23-14/h2-5,12-13H,6-9H2,1H3,(H,18,19)(H,21,22)/t12-,13+/m0/s1. The Labute approximate surface area is 139 Å². The van der Waals surface area contributed by atoms with Gasteiger partial charge in [0, 0.05) is 30.9 Å². The van der Waals surface area contributed by atoms with Crippen LogP contribution in [0.15, 0.2) is 24.4 Å². The Balaban J connectivity index is 1.55. The van der Waals surface area contributed by atoms with Gasteiger partial charge in [0.15, 0.2) is 11.5 Å². The van der Waals surface area contributed by atoms with Crippen LogP contribution in [0.5, 0.6) is 11.5 Å². The monoisotopic (exact) mass is 329 g/mol. The maximum absolute atomic E-state index is 11.7. The fourth-order valence-corrected chi connectivity index (χ4v) is 3.51. The van der Waals surface area contributed by atoms with Crippen molar-refractivity contribution in [2.45, 2.75) is 19.4 Å². The van der Waals surface area contributed by atoms with Crippen LogP contribution in [0.1, 0.15) is 23.0 Å². The van der Waals surface area contributed by atoms with E-state index in [1.54, 1.807) is 6.20 Å². The van der Waals surface area contributed by atoms with Gasteiger partial charge in [-0.2, -0.15) is 0 Å². The van der Waals surface area contributed by atoms with Gasteiger partial charge in [-0.05, 0) is 24.6 Å². The Kier molecular flexibility index (Phi) is 3.65. The number of aryl methyl sites for hydroxylation is 1. The third-order valence-corrected chi connectivity index (χ3v) is 4.67. The van der Waals surface area contributed by atoms with Gasteiger partial charge in [-0.25, -0.2) is 4.98 Å². The first kappa shape index (κ1) is 15.0. The molecule has 2 aliphatic heterocycles. The van der Waals surface area contributed by atoms with E-state index in [9.17, 15) is 9.90 Å². The summed E-state index contributed by atoms with van der Waals surface area (Å²) in [6, 6.07) is 5.70. The summed E-state index contributed by atoms with van der Waals surface area (Å²) in [5.41, 5.74) is 1.98. The van der Waals surface area contributed by atoms with Crippen molar-refractivity contribution >= 4 is 5.97 Å². The number of aromatic amines is 1. The smallest absolute Gasteiger partial charge is 0.308 e. The Morgan fingerprint density at radius 1 is 1.38 bits per heavy atom. The number of carboxylic acids is 1. The second-order valence-corrected chi connectivity index (χ2v) is 6.37. The first-order valence-electron chi connectivity index (χ1n) is 7.95. The molecule has 1 aromatic carbocycles. The summed E-state index contributed by atoms with van der Waals surface area (Å²) in [6.07, 6.45) is 1.79. The highest BCUT2D eigenvalue weighted by Crippen LogP contribution is 2.39. The van der Waals surface area contributed by atoms with E-state index in [2.05, 4.69) is 14.9 Å². The molecule has 0 saturated carbocycles. The number of carbonyl (C=O) groups is 1. The topological polar surface area (TPSA) is 87.7 Å². The van der Waals surface area contributed by atoms with E-state index in [4.69, 9.17) is 9.47 Å². The Morgan fingerprint density at radius 3 is 2.96 bits per heavy atom. The first-order chi connectivity index (χ1) is 11.6. The molecule has 0 amide bonds. The Bertz CT molecular complexity index is 773. The zero-order valence-corrected chi connectivity index (χ0v) is 13.4. The lowest BCUT2D eigenvalue weighted by Crippen LogP contribution is -2.23. The molecule has 126 valence electrons. The molecule has 0 bridgehead atoms.